The number of terminal acetylenes is 4. The van der Waals surface area contributed by atoms with Gasteiger partial charge in [-0.1, -0.05) is 141 Å². The van der Waals surface area contributed by atoms with Gasteiger partial charge in [-0.25, -0.2) is 0 Å². The molecule has 0 bridgehead atoms. The summed E-state index contributed by atoms with van der Waals surface area (Å²) >= 11 is 0. The lowest BCUT2D eigenvalue weighted by Gasteiger charge is -1.14. The van der Waals surface area contributed by atoms with E-state index in [1.54, 1.807) is 0 Å². The molecule has 0 aromatic rings. The van der Waals surface area contributed by atoms with Gasteiger partial charge in [0.25, 0.3) is 0 Å². The van der Waals surface area contributed by atoms with Gasteiger partial charge < -0.3 is 25.7 Å². The molecule has 0 saturated heterocycles. The van der Waals surface area contributed by atoms with Crippen LogP contribution in [0.15, 0.2) is 0 Å². The molecule has 0 spiro atoms. The highest BCUT2D eigenvalue weighted by Gasteiger charge is 0.456. The minimum atomic E-state index is 0. The van der Waals surface area contributed by atoms with Gasteiger partial charge in [0, 0.05) is 55.1 Å². The fourth-order valence-electron chi connectivity index (χ4n) is 0. The zero-order chi connectivity index (χ0) is 27.4. The summed E-state index contributed by atoms with van der Waals surface area (Å²) in [5.74, 6) is 0. The lowest BCUT2D eigenvalue weighted by Crippen LogP contribution is -0.576. The summed E-state index contributed by atoms with van der Waals surface area (Å²) < 4.78 is 97.2. The highest BCUT2D eigenvalue weighted by atomic mass is 12.6. The Morgan fingerprint density at radius 2 is 0.407 bits per heavy atom. The summed E-state index contributed by atoms with van der Waals surface area (Å²) in [5, 5.41) is 0. The van der Waals surface area contributed by atoms with Gasteiger partial charge in [0.05, 0.1) is 0 Å². The van der Waals surface area contributed by atoms with Crippen LogP contribution in [0.5, 0.6) is 0 Å². The lowest BCUT2D eigenvalue weighted by molar-refractivity contribution is 2.50. The van der Waals surface area contributed by atoms with Crippen molar-refractivity contribution in [2.75, 3.05) is 0 Å². The van der Waals surface area contributed by atoms with Gasteiger partial charge in [0.1, 0.15) is 2.74 Å². The molecule has 0 saturated carbocycles. The van der Waals surface area contributed by atoms with Crippen LogP contribution >= 0.6 is 0 Å². The summed E-state index contributed by atoms with van der Waals surface area (Å²) in [6.07, 6.45) is 29.5. The summed E-state index contributed by atoms with van der Waals surface area (Å²) in [4.78, 5) is 0. The van der Waals surface area contributed by atoms with Crippen LogP contribution in [0.1, 0.15) is 199 Å². The molecule has 0 rings (SSSR count). The first kappa shape index (κ1) is 84.6. The van der Waals surface area contributed by atoms with Crippen molar-refractivity contribution in [3.05, 3.63) is 12.8 Å². The Balaban J connectivity index is -0.000000000695. The molecule has 0 heterocycles. The molecule has 0 aromatic heterocycles. The quantitative estimate of drug-likeness (QED) is 0.210. The second-order valence-electron chi connectivity index (χ2n) is 0. The zero-order valence-electron chi connectivity index (χ0n) is 24.3. The molecule has 0 amide bonds. The standard InChI is InChI=1S/2C2H2.2C2H.19CH4.29H2/c4*1-2;;;;;;;;;;;;;;;;;;;;;;;;;;;;;;;;;;;;;;;;;;;;;;;;/h2*1-2H;2*1H;19*1H4;29*1H/q;;2*-1;;;;;;;;;;;;;;;;;;;;;;;;;;;;;;;;;;;;;;;;;;;;;;;;/i2*1T;;;1T;;;;;;;;;;;;;;;;;;;8*1+2T;21*1+2. The van der Waals surface area contributed by atoms with Gasteiger partial charge in [-0.2, -0.15) is 0 Å². The molecule has 0 aromatic carbocycles. The summed E-state index contributed by atoms with van der Waals surface area (Å²) in [5.41, 5.74) is 0. The van der Waals surface area contributed by atoms with Crippen LogP contribution in [-0.2, 0) is 0 Å². The smallest absolute Gasteiger partial charge is 0.124 e. The van der Waals surface area contributed by atoms with E-state index in [2.05, 4.69) is 25.7 Å². The topological polar surface area (TPSA) is 0 Å². The molecule has 0 radical (unpaired) electrons. The van der Waals surface area contributed by atoms with Crippen molar-refractivity contribution in [3.63, 3.8) is 0 Å². The van der Waals surface area contributed by atoms with E-state index in [0.717, 1.165) is 0 Å². The second kappa shape index (κ2) is 4230. The summed E-state index contributed by atoms with van der Waals surface area (Å²) in [7, 11) is 1.25. The minimum absolute atomic E-state index is 0. The predicted molar refractivity (Wildman–Crippen MR) is 225 cm³/mol. The molecule has 27 heavy (non-hydrogen) atoms. The summed E-state index contributed by atoms with van der Waals surface area (Å²) in [6, 6.07) is 0. The van der Waals surface area contributed by atoms with Crippen LogP contribution in [0, 0.1) is 51.3 Å². The number of rotatable bonds is 0. The summed E-state index contributed by atoms with van der Waals surface area (Å²) in [6.45, 7) is 0. The van der Waals surface area contributed by atoms with Crippen LogP contribution < -0.4 is 0 Å². The molecule has 0 aliphatic rings. The van der Waals surface area contributed by atoms with Gasteiger partial charge >= 0.3 is 0 Å². The van der Waals surface area contributed by atoms with Crippen LogP contribution in [-0.4, -0.2) is 0 Å². The monoisotopic (exact) mass is 545 g/mol. The van der Waals surface area contributed by atoms with Crippen LogP contribution in [0.25, 0.3) is 0 Å². The SMILES string of the molecule is C.C.C.C.C.C.C.C.C.C.C.C.C.C.C.C.C.C.[3HH].[3HH].[3HH].[3HH].[3HH].[3HH].[3HH].[3HH].[3HH].[3HH].[3HH].[3HH].[3HH].[3HH].[3HH].[3HH].[3HH].[3HH].[3HH].[3HH].[3HH].[3H]C.[3H]C#C.[3H]C#C.[3H][3H].[3H][3H].[3H][3H].[3H][3H].[3H][3H].[3H][3H].[3H][3H].[3H][3H].[C-]#C.[C-]#C. The van der Waals surface area contributed by atoms with Crippen molar-refractivity contribution in [2.45, 2.75) is 141 Å². The maximum absolute atomic E-state index is 5.75. The Hall–Kier alpha value is -1.76. The average molecular weight is 546 g/mol. The molecular formula is C27H140-2. The first-order chi connectivity index (χ1) is 13.8. The average Bonchev–Trinajstić information content (AvgIpc) is 2.88. The first-order valence-corrected chi connectivity index (χ1v) is 1.15. The molecule has 0 aliphatic heterocycles. The predicted octanol–water partition coefficient (Wildman–Crippen LogP) is 20.1. The van der Waals surface area contributed by atoms with Gasteiger partial charge in [-0.05, 0) is 0 Å². The zero-order valence-corrected chi connectivity index (χ0v) is 5.31. The van der Waals surface area contributed by atoms with E-state index >= 15 is 0 Å². The van der Waals surface area contributed by atoms with Crippen LogP contribution in [0.4, 0.5) is 0 Å². The van der Waals surface area contributed by atoms with Gasteiger partial charge in [-0.3, -0.25) is 0 Å². The third-order valence-corrected chi connectivity index (χ3v) is 0. The van der Waals surface area contributed by atoms with E-state index in [-0.39, 0.29) is 164 Å². The van der Waals surface area contributed by atoms with Crippen LogP contribution in [0.2, 0.25) is 0 Å². The highest BCUT2D eigenvalue weighted by molar-refractivity contribution is 4.47. The Morgan fingerprint density at radius 1 is 0.407 bits per heavy atom. The van der Waals surface area contributed by atoms with E-state index in [1.165, 1.54) is 20.2 Å². The second-order valence-corrected chi connectivity index (χ2v) is 0. The van der Waals surface area contributed by atoms with Crippen molar-refractivity contribution in [2.24, 2.45) is 0 Å². The molecule has 0 nitrogen and oxygen atoms in total. The fraction of sp³-hybridized carbons (Fsp3) is 0.704. The number of hydrogen-bond donors (Lipinski definition) is 0. The molecule has 0 aliphatic carbocycles. The van der Waals surface area contributed by atoms with Crippen molar-refractivity contribution < 1.29 is 57.8 Å². The third-order valence-electron chi connectivity index (χ3n) is 0. The van der Waals surface area contributed by atoms with E-state index in [9.17, 15) is 0 Å². The Labute approximate surface area is 252 Å². The Kier molecular flexibility index (Phi) is 13200. The van der Waals surface area contributed by atoms with Gasteiger partial charge in [-0.15, -0.1) is 25.6 Å². The molecule has 0 atom stereocenters. The molecule has 250 valence electrons. The maximum atomic E-state index is 5.75. The molecule has 0 heteroatoms. The lowest BCUT2D eigenvalue weighted by atomic mass is 11.4. The molecular weight excluding hydrogens is 324 g/mol. The van der Waals surface area contributed by atoms with Crippen LogP contribution in [0.3, 0.4) is 0 Å². The Bertz CT molecular complexity index is 169. The van der Waals surface area contributed by atoms with E-state index < -0.39 is 0 Å². The van der Waals surface area contributed by atoms with Crippen molar-refractivity contribution in [1.29, 1.82) is 0 Å². The van der Waals surface area contributed by atoms with E-state index in [1.807, 2.05) is 0 Å². The van der Waals surface area contributed by atoms with Crippen molar-refractivity contribution in [1.82, 2.24) is 0 Å². The van der Waals surface area contributed by atoms with E-state index in [0.29, 0.717) is 0 Å². The number of hydrogen-bond acceptors (Lipinski definition) is 0. The molecule has 0 unspecified atom stereocenters. The first-order valence-electron chi connectivity index (χ1n) is 11.2. The van der Waals surface area contributed by atoms with Crippen molar-refractivity contribution >= 4 is 0 Å². The Morgan fingerprint density at radius 3 is 0.407 bits per heavy atom. The largest absolute Gasteiger partial charge is 0.697 e. The van der Waals surface area contributed by atoms with Crippen molar-refractivity contribution in [3.8, 4) is 38.5 Å². The maximum Gasteiger partial charge on any atom is 0.124 e. The minimum Gasteiger partial charge on any atom is -0.697 e. The van der Waals surface area contributed by atoms with E-state index in [4.69, 9.17) is 40.7 Å². The molecule has 0 fully saturated rings. The highest BCUT2D eigenvalue weighted by Crippen LogP contribution is 0.623. The fourth-order valence-corrected chi connectivity index (χ4v) is 0. The third kappa shape index (κ3) is 3870. The van der Waals surface area contributed by atoms with Gasteiger partial charge in [0.15, 0.2) is 0 Å². The van der Waals surface area contributed by atoms with Gasteiger partial charge in [0.2, 0.25) is 0 Å². The normalized spacial score (nSPS) is 3.44. The molecule has 0 N–H and O–H groups in total.